The van der Waals surface area contributed by atoms with Gasteiger partial charge in [0.15, 0.2) is 11.5 Å². The molecule has 0 bridgehead atoms. The molecular weight excluding hydrogens is 401 g/mol. The molecular formula is C20H23Cl2N3O3. The van der Waals surface area contributed by atoms with E-state index in [9.17, 15) is 9.59 Å². The van der Waals surface area contributed by atoms with E-state index in [0.29, 0.717) is 42.8 Å². The normalized spacial score (nSPS) is 15.0. The first-order chi connectivity index (χ1) is 13.3. The van der Waals surface area contributed by atoms with Gasteiger partial charge in [-0.3, -0.25) is 14.5 Å². The van der Waals surface area contributed by atoms with Crippen molar-refractivity contribution in [1.82, 2.24) is 14.8 Å². The molecule has 0 spiro atoms. The zero-order valence-corrected chi connectivity index (χ0v) is 17.7. The number of rotatable bonds is 5. The van der Waals surface area contributed by atoms with E-state index in [0.717, 1.165) is 17.0 Å². The maximum Gasteiger partial charge on any atom is 0.259 e. The number of aromatic nitrogens is 1. The van der Waals surface area contributed by atoms with Gasteiger partial charge in [-0.1, -0.05) is 23.2 Å². The molecule has 150 valence electrons. The van der Waals surface area contributed by atoms with Crippen LogP contribution in [0.15, 0.2) is 18.2 Å². The van der Waals surface area contributed by atoms with Crippen molar-refractivity contribution in [2.24, 2.45) is 0 Å². The summed E-state index contributed by atoms with van der Waals surface area (Å²) in [6.07, 6.45) is 0. The molecule has 0 radical (unpaired) electrons. The number of methoxy groups -OCH3 is 1. The van der Waals surface area contributed by atoms with E-state index in [1.807, 2.05) is 19.9 Å². The van der Waals surface area contributed by atoms with Crippen LogP contribution in [0.4, 0.5) is 0 Å². The molecule has 1 aliphatic rings. The fraction of sp³-hybridized carbons (Fsp3) is 0.400. The Bertz CT molecular complexity index is 902. The summed E-state index contributed by atoms with van der Waals surface area (Å²) in [4.78, 5) is 32.5. The second-order valence-corrected chi connectivity index (χ2v) is 7.73. The Morgan fingerprint density at radius 2 is 1.75 bits per heavy atom. The van der Waals surface area contributed by atoms with Crippen LogP contribution in [-0.2, 0) is 0 Å². The Kier molecular flexibility index (Phi) is 6.33. The molecule has 6 nitrogen and oxygen atoms in total. The van der Waals surface area contributed by atoms with Crippen LogP contribution >= 0.6 is 23.2 Å². The quantitative estimate of drug-likeness (QED) is 0.746. The summed E-state index contributed by atoms with van der Waals surface area (Å²) in [6.45, 7) is 6.40. The SMILES string of the molecule is COc1c(Cl)ccc(Cl)c1C(=O)N1CCN(CC(=O)c2cc(C)[nH]c2C)CC1. The minimum atomic E-state index is -0.215. The second-order valence-electron chi connectivity index (χ2n) is 6.92. The zero-order chi connectivity index (χ0) is 20.4. The van der Waals surface area contributed by atoms with E-state index in [2.05, 4.69) is 9.88 Å². The van der Waals surface area contributed by atoms with Gasteiger partial charge in [0.1, 0.15) is 5.56 Å². The molecule has 28 heavy (non-hydrogen) atoms. The van der Waals surface area contributed by atoms with Crippen molar-refractivity contribution < 1.29 is 14.3 Å². The van der Waals surface area contributed by atoms with E-state index in [4.69, 9.17) is 27.9 Å². The lowest BCUT2D eigenvalue weighted by Gasteiger charge is -2.34. The molecule has 2 heterocycles. The molecule has 0 aliphatic carbocycles. The average Bonchev–Trinajstić information content (AvgIpc) is 3.01. The number of carbonyl (C=O) groups is 2. The highest BCUT2D eigenvalue weighted by Gasteiger charge is 2.28. The lowest BCUT2D eigenvalue weighted by Crippen LogP contribution is -2.50. The van der Waals surface area contributed by atoms with Gasteiger partial charge in [-0.2, -0.15) is 0 Å². The maximum absolute atomic E-state index is 13.0. The molecule has 1 amide bonds. The first-order valence-electron chi connectivity index (χ1n) is 9.04. The van der Waals surface area contributed by atoms with Gasteiger partial charge >= 0.3 is 0 Å². The first-order valence-corrected chi connectivity index (χ1v) is 9.80. The van der Waals surface area contributed by atoms with Gasteiger partial charge in [-0.25, -0.2) is 0 Å². The van der Waals surface area contributed by atoms with Crippen LogP contribution in [0.5, 0.6) is 5.75 Å². The van der Waals surface area contributed by atoms with Crippen molar-refractivity contribution in [2.75, 3.05) is 39.8 Å². The summed E-state index contributed by atoms with van der Waals surface area (Å²) in [5, 5.41) is 0.652. The van der Waals surface area contributed by atoms with Gasteiger partial charge in [0.2, 0.25) is 0 Å². The predicted octanol–water partition coefficient (Wildman–Crippen LogP) is 3.59. The van der Waals surface area contributed by atoms with E-state index in [-0.39, 0.29) is 23.0 Å². The van der Waals surface area contributed by atoms with Crippen molar-refractivity contribution in [3.63, 3.8) is 0 Å². The topological polar surface area (TPSA) is 65.6 Å². The summed E-state index contributed by atoms with van der Waals surface area (Å²) < 4.78 is 5.28. The van der Waals surface area contributed by atoms with Crippen molar-refractivity contribution in [3.8, 4) is 5.75 Å². The molecule has 0 atom stereocenters. The molecule has 1 aliphatic heterocycles. The van der Waals surface area contributed by atoms with Crippen LogP contribution in [0.1, 0.15) is 32.1 Å². The van der Waals surface area contributed by atoms with Gasteiger partial charge in [-0.15, -0.1) is 0 Å². The van der Waals surface area contributed by atoms with Crippen molar-refractivity contribution in [1.29, 1.82) is 0 Å². The summed E-state index contributed by atoms with van der Waals surface area (Å²) in [5.41, 5.74) is 2.87. The summed E-state index contributed by atoms with van der Waals surface area (Å²) >= 11 is 12.4. The van der Waals surface area contributed by atoms with E-state index >= 15 is 0 Å². The number of aryl methyl sites for hydroxylation is 2. The molecule has 0 saturated carbocycles. The minimum absolute atomic E-state index is 0.0844. The number of halogens is 2. The van der Waals surface area contributed by atoms with Gasteiger partial charge in [0.05, 0.1) is 23.7 Å². The van der Waals surface area contributed by atoms with Crippen molar-refractivity contribution in [3.05, 3.63) is 50.8 Å². The average molecular weight is 424 g/mol. The van der Waals surface area contributed by atoms with Crippen LogP contribution in [0.2, 0.25) is 10.0 Å². The zero-order valence-electron chi connectivity index (χ0n) is 16.1. The highest BCUT2D eigenvalue weighted by Crippen LogP contribution is 2.34. The van der Waals surface area contributed by atoms with Crippen LogP contribution in [0, 0.1) is 13.8 Å². The molecule has 1 aromatic heterocycles. The number of ketones is 1. The number of carbonyl (C=O) groups excluding carboxylic acids is 2. The summed E-state index contributed by atoms with van der Waals surface area (Å²) in [5.74, 6) is 0.156. The predicted molar refractivity (Wildman–Crippen MR) is 110 cm³/mol. The number of benzene rings is 1. The molecule has 2 aromatic rings. The van der Waals surface area contributed by atoms with Gasteiger partial charge in [0, 0.05) is 43.1 Å². The smallest absolute Gasteiger partial charge is 0.259 e. The summed E-state index contributed by atoms with van der Waals surface area (Å²) in [7, 11) is 1.46. The monoisotopic (exact) mass is 423 g/mol. The van der Waals surface area contributed by atoms with E-state index < -0.39 is 0 Å². The lowest BCUT2D eigenvalue weighted by molar-refractivity contribution is 0.0621. The second kappa shape index (κ2) is 8.55. The number of nitrogens with one attached hydrogen (secondary N) is 1. The van der Waals surface area contributed by atoms with Crippen LogP contribution in [-0.4, -0.2) is 66.3 Å². The number of hydrogen-bond acceptors (Lipinski definition) is 4. The Hall–Kier alpha value is -2.02. The lowest BCUT2D eigenvalue weighted by atomic mass is 10.1. The third kappa shape index (κ3) is 4.19. The van der Waals surface area contributed by atoms with Crippen LogP contribution in [0.3, 0.4) is 0 Å². The number of Topliss-reactive ketones (excluding diaryl/α,β-unsaturated/α-hetero) is 1. The largest absolute Gasteiger partial charge is 0.494 e. The van der Waals surface area contributed by atoms with Crippen LogP contribution < -0.4 is 4.74 Å². The van der Waals surface area contributed by atoms with Gasteiger partial charge in [-0.05, 0) is 32.0 Å². The number of amides is 1. The maximum atomic E-state index is 13.0. The minimum Gasteiger partial charge on any atom is -0.494 e. The van der Waals surface area contributed by atoms with Crippen LogP contribution in [0.25, 0.3) is 0 Å². The van der Waals surface area contributed by atoms with Crippen molar-refractivity contribution in [2.45, 2.75) is 13.8 Å². The number of hydrogen-bond donors (Lipinski definition) is 1. The number of aromatic amines is 1. The molecule has 8 heteroatoms. The number of H-pyrrole nitrogens is 1. The molecule has 1 aromatic carbocycles. The molecule has 3 rings (SSSR count). The Balaban J connectivity index is 1.64. The molecule has 1 fully saturated rings. The first kappa shape index (κ1) is 20.7. The number of piperazine rings is 1. The van der Waals surface area contributed by atoms with E-state index in [1.54, 1.807) is 17.0 Å². The Morgan fingerprint density at radius 1 is 1.11 bits per heavy atom. The third-order valence-electron chi connectivity index (χ3n) is 4.95. The molecule has 1 N–H and O–H groups in total. The van der Waals surface area contributed by atoms with E-state index in [1.165, 1.54) is 7.11 Å². The molecule has 0 unspecified atom stereocenters. The summed E-state index contributed by atoms with van der Waals surface area (Å²) in [6, 6.07) is 5.08. The fourth-order valence-electron chi connectivity index (χ4n) is 3.50. The highest BCUT2D eigenvalue weighted by molar-refractivity contribution is 6.37. The number of nitrogens with zero attached hydrogens (tertiary/aromatic N) is 2. The highest BCUT2D eigenvalue weighted by atomic mass is 35.5. The Labute approximate surface area is 174 Å². The number of ether oxygens (including phenoxy) is 1. The molecule has 1 saturated heterocycles. The van der Waals surface area contributed by atoms with Gasteiger partial charge < -0.3 is 14.6 Å². The fourth-order valence-corrected chi connectivity index (χ4v) is 3.97. The third-order valence-corrected chi connectivity index (χ3v) is 5.57. The Morgan fingerprint density at radius 3 is 2.32 bits per heavy atom. The van der Waals surface area contributed by atoms with Gasteiger partial charge in [0.25, 0.3) is 5.91 Å². The standard InChI is InChI=1S/C20H23Cl2N3O3/c1-12-10-14(13(2)23-12)17(26)11-24-6-8-25(9-7-24)20(27)18-15(21)4-5-16(22)19(18)28-3/h4-5,10,23H,6-9,11H2,1-3H3. The van der Waals surface area contributed by atoms with Crippen molar-refractivity contribution >= 4 is 34.9 Å².